The van der Waals surface area contributed by atoms with Gasteiger partial charge in [-0.3, -0.25) is 9.55 Å². The molecular formula is C52H51N3O2. The zero-order chi connectivity index (χ0) is 39.7. The Hall–Kier alpha value is -5.68. The second kappa shape index (κ2) is 12.4. The van der Waals surface area contributed by atoms with Crippen LogP contribution in [-0.4, -0.2) is 19.6 Å². The van der Waals surface area contributed by atoms with E-state index in [4.69, 9.17) is 14.4 Å². The van der Waals surface area contributed by atoms with Crippen molar-refractivity contribution >= 4 is 33.0 Å². The molecule has 10 rings (SSSR count). The van der Waals surface area contributed by atoms with Crippen molar-refractivity contribution in [2.45, 2.75) is 104 Å². The molecule has 1 saturated carbocycles. The fraction of sp³-hybridized carbons (Fsp3) is 0.308. The predicted octanol–water partition coefficient (Wildman–Crippen LogP) is 13.9. The number of benzene rings is 5. The lowest BCUT2D eigenvalue weighted by molar-refractivity contribution is 0.446. The first-order chi connectivity index (χ1) is 27.2. The highest BCUT2D eigenvalue weighted by molar-refractivity contribution is 6.12. The molecule has 5 aromatic carbocycles. The molecule has 2 atom stereocenters. The van der Waals surface area contributed by atoms with E-state index in [0.717, 1.165) is 94.7 Å². The zero-order valence-corrected chi connectivity index (χ0v) is 34.6. The number of phenolic OH excluding ortho intramolecular Hbond substituents is 1. The van der Waals surface area contributed by atoms with E-state index in [9.17, 15) is 5.11 Å². The highest BCUT2D eigenvalue weighted by Gasteiger charge is 2.38. The van der Waals surface area contributed by atoms with Crippen LogP contribution in [0, 0.1) is 20.8 Å². The molecule has 1 fully saturated rings. The van der Waals surface area contributed by atoms with Crippen LogP contribution in [0.15, 0.2) is 95.4 Å². The molecule has 8 aromatic rings. The maximum Gasteiger partial charge on any atom is 0.149 e. The molecule has 57 heavy (non-hydrogen) atoms. The van der Waals surface area contributed by atoms with Crippen LogP contribution in [0.25, 0.3) is 72.4 Å². The molecule has 2 bridgehead atoms. The van der Waals surface area contributed by atoms with Crippen LogP contribution in [-0.2, 0) is 10.8 Å². The number of hydrogen-bond donors (Lipinski definition) is 1. The fourth-order valence-electron chi connectivity index (χ4n) is 10.1. The van der Waals surface area contributed by atoms with Gasteiger partial charge in [0.1, 0.15) is 22.7 Å². The number of rotatable bonds is 4. The van der Waals surface area contributed by atoms with Crippen molar-refractivity contribution in [3.05, 3.63) is 130 Å². The number of fused-ring (bicyclic) bond motifs is 9. The highest BCUT2D eigenvalue weighted by Crippen LogP contribution is 2.53. The van der Waals surface area contributed by atoms with Gasteiger partial charge in [-0.1, -0.05) is 102 Å². The molecule has 286 valence electrons. The summed E-state index contributed by atoms with van der Waals surface area (Å²) in [6, 6.07) is 32.7. The Balaban J connectivity index is 1.28. The maximum absolute atomic E-state index is 12.3. The molecule has 1 N–H and O–H groups in total. The molecule has 5 nitrogen and oxygen atoms in total. The van der Waals surface area contributed by atoms with Crippen molar-refractivity contribution in [1.29, 1.82) is 0 Å². The van der Waals surface area contributed by atoms with Crippen LogP contribution in [0.1, 0.15) is 112 Å². The minimum atomic E-state index is -0.290. The lowest BCUT2D eigenvalue weighted by Crippen LogP contribution is -2.17. The van der Waals surface area contributed by atoms with Gasteiger partial charge in [-0.05, 0) is 121 Å². The lowest BCUT2D eigenvalue weighted by Gasteiger charge is -2.27. The second-order valence-corrected chi connectivity index (χ2v) is 19.0. The molecular weight excluding hydrogens is 699 g/mol. The number of aromatic nitrogens is 3. The third kappa shape index (κ3) is 5.56. The number of aromatic hydroxyl groups is 1. The standard InChI is InChI=1S/C52H51N3O2/c1-28-21-29(2)47(30(3)22-28)55-43-15-12-14-35(46(43)54-50(55)40-26-34(51(4,5)6)27-41(48(40)56)52(7,8)9)33-24-38-37-13-10-11-16-44(37)57-49(38)39(25-33)42-20-19-36-31-17-18-32(23-31)45(36)53-42/h10-16,19-22,24-27,31-32,56H,17-18,23H2,1-9H3. The summed E-state index contributed by atoms with van der Waals surface area (Å²) in [6.07, 6.45) is 3.73. The first kappa shape index (κ1) is 35.7. The van der Waals surface area contributed by atoms with Crippen molar-refractivity contribution < 1.29 is 9.52 Å². The minimum Gasteiger partial charge on any atom is -0.507 e. The van der Waals surface area contributed by atoms with Gasteiger partial charge in [0, 0.05) is 39.1 Å². The first-order valence-electron chi connectivity index (χ1n) is 20.6. The summed E-state index contributed by atoms with van der Waals surface area (Å²) < 4.78 is 8.97. The summed E-state index contributed by atoms with van der Waals surface area (Å²) in [4.78, 5) is 11.0. The number of para-hydroxylation sites is 2. The highest BCUT2D eigenvalue weighted by atomic mass is 16.3. The van der Waals surface area contributed by atoms with Crippen molar-refractivity contribution in [1.82, 2.24) is 14.5 Å². The smallest absolute Gasteiger partial charge is 0.149 e. The molecule has 0 radical (unpaired) electrons. The fourth-order valence-corrected chi connectivity index (χ4v) is 10.1. The topological polar surface area (TPSA) is 64.1 Å². The van der Waals surface area contributed by atoms with E-state index in [0.29, 0.717) is 11.8 Å². The van der Waals surface area contributed by atoms with E-state index in [-0.39, 0.29) is 16.6 Å². The van der Waals surface area contributed by atoms with Crippen LogP contribution in [0.4, 0.5) is 0 Å². The number of furan rings is 1. The summed E-state index contributed by atoms with van der Waals surface area (Å²) in [5, 5.41) is 14.5. The normalized spacial score (nSPS) is 16.7. The Morgan fingerprint density at radius 2 is 1.46 bits per heavy atom. The molecule has 0 aliphatic heterocycles. The molecule has 0 spiro atoms. The van der Waals surface area contributed by atoms with Crippen molar-refractivity contribution in [2.24, 2.45) is 0 Å². The van der Waals surface area contributed by atoms with Crippen molar-refractivity contribution in [2.75, 3.05) is 0 Å². The van der Waals surface area contributed by atoms with Gasteiger partial charge in [0.05, 0.1) is 28.0 Å². The average Bonchev–Trinajstić information content (AvgIpc) is 3.95. The number of aryl methyl sites for hydroxylation is 3. The van der Waals surface area contributed by atoms with Gasteiger partial charge >= 0.3 is 0 Å². The Bertz CT molecular complexity index is 2940. The molecule has 2 unspecified atom stereocenters. The second-order valence-electron chi connectivity index (χ2n) is 19.0. The van der Waals surface area contributed by atoms with Crippen molar-refractivity contribution in [3.8, 4) is 45.2 Å². The summed E-state index contributed by atoms with van der Waals surface area (Å²) >= 11 is 0. The monoisotopic (exact) mass is 749 g/mol. The number of phenols is 1. The van der Waals surface area contributed by atoms with E-state index in [1.54, 1.807) is 0 Å². The summed E-state index contributed by atoms with van der Waals surface area (Å²) in [5.41, 5.74) is 17.3. The van der Waals surface area contributed by atoms with Crippen LogP contribution in [0.2, 0.25) is 0 Å². The number of pyridine rings is 1. The van der Waals surface area contributed by atoms with E-state index in [1.807, 2.05) is 6.07 Å². The first-order valence-corrected chi connectivity index (χ1v) is 20.6. The van der Waals surface area contributed by atoms with E-state index in [2.05, 4.69) is 152 Å². The zero-order valence-electron chi connectivity index (χ0n) is 34.6. The maximum atomic E-state index is 12.3. The average molecular weight is 750 g/mol. The molecule has 0 amide bonds. The third-order valence-corrected chi connectivity index (χ3v) is 12.9. The van der Waals surface area contributed by atoms with Crippen molar-refractivity contribution in [3.63, 3.8) is 0 Å². The Labute approximate surface area is 335 Å². The number of hydrogen-bond acceptors (Lipinski definition) is 4. The van der Waals surface area contributed by atoms with Crippen LogP contribution in [0.3, 0.4) is 0 Å². The largest absolute Gasteiger partial charge is 0.507 e. The van der Waals surface area contributed by atoms with Gasteiger partial charge in [-0.25, -0.2) is 4.98 Å². The van der Waals surface area contributed by atoms with Crippen LogP contribution >= 0.6 is 0 Å². The van der Waals surface area contributed by atoms with E-state index < -0.39 is 0 Å². The Kier molecular flexibility index (Phi) is 7.77. The lowest BCUT2D eigenvalue weighted by atomic mass is 9.79. The van der Waals surface area contributed by atoms with E-state index >= 15 is 0 Å². The van der Waals surface area contributed by atoms with E-state index in [1.165, 1.54) is 36.1 Å². The minimum absolute atomic E-state index is 0.148. The summed E-state index contributed by atoms with van der Waals surface area (Å²) in [7, 11) is 0. The van der Waals surface area contributed by atoms with Gasteiger partial charge in [0.2, 0.25) is 0 Å². The third-order valence-electron chi connectivity index (χ3n) is 12.9. The SMILES string of the molecule is Cc1cc(C)c(-n2c(-c3cc(C(C)(C)C)cc(C(C)(C)C)c3O)nc3c(-c4cc(-c5ccc6c(n5)C5CCC6C5)c5oc6ccccc6c5c4)cccc32)c(C)c1. The van der Waals surface area contributed by atoms with Gasteiger partial charge in [0.25, 0.3) is 0 Å². The molecule has 0 saturated heterocycles. The van der Waals surface area contributed by atoms with Crippen LogP contribution < -0.4 is 0 Å². The van der Waals surface area contributed by atoms with Crippen LogP contribution in [0.5, 0.6) is 5.75 Å². The molecule has 5 heteroatoms. The molecule has 3 aromatic heterocycles. The molecule has 3 heterocycles. The quantitative estimate of drug-likeness (QED) is 0.195. The van der Waals surface area contributed by atoms with Gasteiger partial charge in [-0.2, -0.15) is 0 Å². The predicted molar refractivity (Wildman–Crippen MR) is 235 cm³/mol. The Morgan fingerprint density at radius 3 is 2.21 bits per heavy atom. The molecule has 2 aliphatic rings. The van der Waals surface area contributed by atoms with Gasteiger partial charge in [-0.15, -0.1) is 0 Å². The Morgan fingerprint density at radius 1 is 0.702 bits per heavy atom. The summed E-state index contributed by atoms with van der Waals surface area (Å²) in [5.74, 6) is 2.21. The van der Waals surface area contributed by atoms with Gasteiger partial charge < -0.3 is 9.52 Å². The molecule has 2 aliphatic carbocycles. The number of imidazole rings is 1. The summed E-state index contributed by atoms with van der Waals surface area (Å²) in [6.45, 7) is 19.7. The number of nitrogens with zero attached hydrogens (tertiary/aromatic N) is 3. The van der Waals surface area contributed by atoms with Gasteiger partial charge in [0.15, 0.2) is 0 Å².